The van der Waals surface area contributed by atoms with Crippen LogP contribution in [0.2, 0.25) is 10.0 Å². The van der Waals surface area contributed by atoms with Crippen LogP contribution in [0, 0.1) is 0 Å². The molecule has 3 aromatic carbocycles. The summed E-state index contributed by atoms with van der Waals surface area (Å²) in [6, 6.07) is 20.0. The van der Waals surface area contributed by atoms with E-state index in [-0.39, 0.29) is 18.9 Å². The molecule has 1 N–H and O–H groups in total. The number of anilines is 1. The molecule has 0 heterocycles. The van der Waals surface area contributed by atoms with E-state index in [1.54, 1.807) is 42.5 Å². The third kappa shape index (κ3) is 8.70. The van der Waals surface area contributed by atoms with Gasteiger partial charge in [-0.05, 0) is 66.5 Å². The Kier molecular flexibility index (Phi) is 10.7. The van der Waals surface area contributed by atoms with Gasteiger partial charge in [-0.2, -0.15) is 0 Å². The molecular formula is C29H32BrCl2N3O4S. The predicted octanol–water partition coefficient (Wildman–Crippen LogP) is 6.08. The molecule has 214 valence electrons. The molecule has 0 radical (unpaired) electrons. The highest BCUT2D eigenvalue weighted by atomic mass is 79.9. The summed E-state index contributed by atoms with van der Waals surface area (Å²) in [7, 11) is -3.89. The first-order valence-corrected chi connectivity index (χ1v) is 15.9. The van der Waals surface area contributed by atoms with Gasteiger partial charge in [0.2, 0.25) is 21.8 Å². The lowest BCUT2D eigenvalue weighted by atomic mass is 10.0. The number of amides is 2. The summed E-state index contributed by atoms with van der Waals surface area (Å²) in [6.45, 7) is 4.89. The lowest BCUT2D eigenvalue weighted by molar-refractivity contribution is -0.140. The van der Waals surface area contributed by atoms with Crippen molar-refractivity contribution in [2.45, 2.75) is 45.3 Å². The Hall–Kier alpha value is -2.59. The number of hydrogen-bond acceptors (Lipinski definition) is 4. The maximum atomic E-state index is 14.2. The van der Waals surface area contributed by atoms with Crippen LogP contribution in [0.3, 0.4) is 0 Å². The van der Waals surface area contributed by atoms with Crippen LogP contribution >= 0.6 is 39.1 Å². The summed E-state index contributed by atoms with van der Waals surface area (Å²) in [4.78, 5) is 29.3. The molecular weight excluding hydrogens is 637 g/mol. The zero-order valence-corrected chi connectivity index (χ0v) is 26.6. The van der Waals surface area contributed by atoms with Crippen LogP contribution in [0.1, 0.15) is 31.9 Å². The van der Waals surface area contributed by atoms with Crippen LogP contribution in [0.15, 0.2) is 77.3 Å². The molecule has 0 fully saturated rings. The van der Waals surface area contributed by atoms with Crippen molar-refractivity contribution >= 4 is 66.7 Å². The molecule has 0 saturated heterocycles. The molecule has 2 amide bonds. The Bertz CT molecular complexity index is 1440. The number of hydrogen-bond donors (Lipinski definition) is 1. The number of carbonyl (C=O) groups excluding carboxylic acids is 2. The molecule has 1 atom stereocenters. The summed E-state index contributed by atoms with van der Waals surface area (Å²) < 4.78 is 27.3. The van der Waals surface area contributed by atoms with Crippen molar-refractivity contribution in [1.82, 2.24) is 10.2 Å². The summed E-state index contributed by atoms with van der Waals surface area (Å²) >= 11 is 16.4. The van der Waals surface area contributed by atoms with Gasteiger partial charge < -0.3 is 10.2 Å². The molecule has 0 aliphatic carbocycles. The average molecular weight is 669 g/mol. The largest absolute Gasteiger partial charge is 0.350 e. The zero-order valence-electron chi connectivity index (χ0n) is 22.7. The quantitative estimate of drug-likeness (QED) is 0.284. The van der Waals surface area contributed by atoms with Crippen LogP contribution in [0.25, 0.3) is 0 Å². The van der Waals surface area contributed by atoms with E-state index < -0.39 is 34.1 Å². The van der Waals surface area contributed by atoms with E-state index in [0.29, 0.717) is 25.8 Å². The third-order valence-corrected chi connectivity index (χ3v) is 8.47. The topological polar surface area (TPSA) is 86.8 Å². The van der Waals surface area contributed by atoms with Crippen molar-refractivity contribution in [2.75, 3.05) is 17.1 Å². The first-order chi connectivity index (χ1) is 18.7. The van der Waals surface area contributed by atoms with Gasteiger partial charge in [0, 0.05) is 38.6 Å². The van der Waals surface area contributed by atoms with Gasteiger partial charge in [-0.15, -0.1) is 0 Å². The minimum atomic E-state index is -3.89. The Labute approximate surface area is 254 Å². The SMILES string of the molecule is CC(C)(C)NC(=O)C(Cc1ccccc1)N(Cc1c(Cl)cccc1Cl)C(=O)CN(c1ccccc1Br)S(C)(=O)=O. The smallest absolute Gasteiger partial charge is 0.244 e. The monoisotopic (exact) mass is 667 g/mol. The van der Waals surface area contributed by atoms with Crippen molar-refractivity contribution in [2.24, 2.45) is 0 Å². The van der Waals surface area contributed by atoms with Crippen LogP contribution in [0.4, 0.5) is 5.69 Å². The number of sulfonamides is 1. The van der Waals surface area contributed by atoms with Crippen LogP contribution in [-0.2, 0) is 32.6 Å². The maximum absolute atomic E-state index is 14.2. The Morgan fingerprint density at radius 2 is 1.50 bits per heavy atom. The fraction of sp³-hybridized carbons (Fsp3) is 0.310. The third-order valence-electron chi connectivity index (χ3n) is 5.96. The van der Waals surface area contributed by atoms with E-state index in [1.165, 1.54) is 4.90 Å². The second-order valence-electron chi connectivity index (χ2n) is 10.4. The van der Waals surface area contributed by atoms with Gasteiger partial charge in [0.15, 0.2) is 0 Å². The van der Waals surface area contributed by atoms with Crippen LogP contribution in [0.5, 0.6) is 0 Å². The molecule has 1 unspecified atom stereocenters. The molecule has 3 rings (SSSR count). The van der Waals surface area contributed by atoms with Gasteiger partial charge in [0.05, 0.1) is 11.9 Å². The van der Waals surface area contributed by atoms with Gasteiger partial charge in [-0.25, -0.2) is 8.42 Å². The maximum Gasteiger partial charge on any atom is 0.244 e. The van der Waals surface area contributed by atoms with Crippen molar-refractivity contribution in [1.29, 1.82) is 0 Å². The number of benzene rings is 3. The molecule has 0 aromatic heterocycles. The van der Waals surface area contributed by atoms with Crippen molar-refractivity contribution in [3.63, 3.8) is 0 Å². The van der Waals surface area contributed by atoms with Crippen molar-refractivity contribution in [3.8, 4) is 0 Å². The molecule has 3 aromatic rings. The fourth-order valence-corrected chi connectivity index (χ4v) is 6.10. The lowest BCUT2D eigenvalue weighted by Gasteiger charge is -2.35. The van der Waals surface area contributed by atoms with E-state index >= 15 is 0 Å². The molecule has 0 saturated carbocycles. The summed E-state index contributed by atoms with van der Waals surface area (Å²) in [5, 5.41) is 3.63. The average Bonchev–Trinajstić information content (AvgIpc) is 2.85. The van der Waals surface area contributed by atoms with Gasteiger partial charge in [-0.1, -0.05) is 71.7 Å². The predicted molar refractivity (Wildman–Crippen MR) is 165 cm³/mol. The first kappa shape index (κ1) is 31.9. The van der Waals surface area contributed by atoms with E-state index in [2.05, 4.69) is 21.2 Å². The second kappa shape index (κ2) is 13.4. The van der Waals surface area contributed by atoms with Gasteiger partial charge in [0.1, 0.15) is 12.6 Å². The Balaban J connectivity index is 2.13. The summed E-state index contributed by atoms with van der Waals surface area (Å²) in [5.74, 6) is -0.984. The standard InChI is InChI=1S/C29H32BrCl2N3O4S/c1-29(2,3)33-28(37)26(17-20-11-6-5-7-12-20)34(18-21-23(31)14-10-15-24(21)32)27(36)19-35(40(4,38)39)25-16-9-8-13-22(25)30/h5-16,26H,17-19H2,1-4H3,(H,33,37). The molecule has 7 nitrogen and oxygen atoms in total. The number of rotatable bonds is 10. The van der Waals surface area contributed by atoms with Crippen LogP contribution in [-0.4, -0.2) is 49.5 Å². The van der Waals surface area contributed by atoms with Gasteiger partial charge >= 0.3 is 0 Å². The number of halogens is 3. The molecule has 40 heavy (non-hydrogen) atoms. The van der Waals surface area contributed by atoms with Gasteiger partial charge in [-0.3, -0.25) is 13.9 Å². The number of nitrogens with one attached hydrogen (secondary N) is 1. The Morgan fingerprint density at radius 3 is 2.05 bits per heavy atom. The zero-order chi connectivity index (χ0) is 29.7. The number of nitrogens with zero attached hydrogens (tertiary/aromatic N) is 2. The molecule has 0 spiro atoms. The molecule has 0 aliphatic rings. The number of para-hydroxylation sites is 1. The number of carbonyl (C=O) groups is 2. The highest BCUT2D eigenvalue weighted by Crippen LogP contribution is 2.30. The molecule has 11 heteroatoms. The normalized spacial score (nSPS) is 12.5. The van der Waals surface area contributed by atoms with Gasteiger partial charge in [0.25, 0.3) is 0 Å². The second-order valence-corrected chi connectivity index (χ2v) is 14.0. The minimum absolute atomic E-state index is 0.111. The molecule has 0 aliphatic heterocycles. The Morgan fingerprint density at radius 1 is 0.925 bits per heavy atom. The highest BCUT2D eigenvalue weighted by Gasteiger charge is 2.35. The molecule has 0 bridgehead atoms. The summed E-state index contributed by atoms with van der Waals surface area (Å²) in [5.41, 5.74) is 0.988. The van der Waals surface area contributed by atoms with E-state index in [9.17, 15) is 18.0 Å². The highest BCUT2D eigenvalue weighted by molar-refractivity contribution is 9.10. The van der Waals surface area contributed by atoms with E-state index in [1.807, 2.05) is 51.1 Å². The van der Waals surface area contributed by atoms with Crippen molar-refractivity contribution < 1.29 is 18.0 Å². The summed E-state index contributed by atoms with van der Waals surface area (Å²) in [6.07, 6.45) is 1.22. The minimum Gasteiger partial charge on any atom is -0.350 e. The first-order valence-electron chi connectivity index (χ1n) is 12.5. The van der Waals surface area contributed by atoms with Crippen LogP contribution < -0.4 is 9.62 Å². The van der Waals surface area contributed by atoms with Crippen molar-refractivity contribution in [3.05, 3.63) is 98.4 Å². The lowest BCUT2D eigenvalue weighted by Crippen LogP contribution is -2.56. The fourth-order valence-electron chi connectivity index (χ4n) is 4.11. The van der Waals surface area contributed by atoms with E-state index in [0.717, 1.165) is 16.1 Å². The van der Waals surface area contributed by atoms with E-state index in [4.69, 9.17) is 23.2 Å².